The highest BCUT2D eigenvalue weighted by atomic mass is 32.1. The van der Waals surface area contributed by atoms with Crippen molar-refractivity contribution in [2.24, 2.45) is 0 Å². The highest BCUT2D eigenvalue weighted by Crippen LogP contribution is 2.36. The number of methoxy groups -OCH3 is 1. The number of ether oxygens (including phenoxy) is 1. The van der Waals surface area contributed by atoms with Crippen molar-refractivity contribution in [3.8, 4) is 17.0 Å². The summed E-state index contributed by atoms with van der Waals surface area (Å²) < 4.78 is 5.36. The highest BCUT2D eigenvalue weighted by molar-refractivity contribution is 7.19. The van der Waals surface area contributed by atoms with Gasteiger partial charge in [0.2, 0.25) is 0 Å². The van der Waals surface area contributed by atoms with Gasteiger partial charge in [-0.15, -0.1) is 0 Å². The molecular formula is C13H17N3OS. The summed E-state index contributed by atoms with van der Waals surface area (Å²) in [5.41, 5.74) is 14.5. The van der Waals surface area contributed by atoms with E-state index in [-0.39, 0.29) is 0 Å². The van der Waals surface area contributed by atoms with Gasteiger partial charge in [0.15, 0.2) is 5.13 Å². The Labute approximate surface area is 111 Å². The minimum absolute atomic E-state index is 0.372. The zero-order valence-corrected chi connectivity index (χ0v) is 11.5. The number of aromatic nitrogens is 1. The van der Waals surface area contributed by atoms with Crippen LogP contribution in [0.25, 0.3) is 11.3 Å². The van der Waals surface area contributed by atoms with E-state index in [2.05, 4.69) is 24.9 Å². The molecule has 0 saturated carbocycles. The lowest BCUT2D eigenvalue weighted by Crippen LogP contribution is -1.96. The average Bonchev–Trinajstić information content (AvgIpc) is 2.67. The van der Waals surface area contributed by atoms with E-state index < -0.39 is 0 Å². The lowest BCUT2D eigenvalue weighted by Gasteiger charge is -2.13. The fourth-order valence-electron chi connectivity index (χ4n) is 1.89. The van der Waals surface area contributed by atoms with Crippen LogP contribution in [0.15, 0.2) is 18.2 Å². The van der Waals surface area contributed by atoms with Gasteiger partial charge in [-0.3, -0.25) is 0 Å². The van der Waals surface area contributed by atoms with Gasteiger partial charge in [-0.2, -0.15) is 0 Å². The second-order valence-corrected chi connectivity index (χ2v) is 5.44. The van der Waals surface area contributed by atoms with E-state index in [1.807, 2.05) is 12.1 Å². The second-order valence-electron chi connectivity index (χ2n) is 4.38. The highest BCUT2D eigenvalue weighted by Gasteiger charge is 2.13. The quantitative estimate of drug-likeness (QED) is 0.892. The standard InChI is InChI=1S/C13H17N3OS/c1-7(2)9-6-8(4-5-10(9)17-3)11-12(14)18-13(15)16-11/h4-7H,14H2,1-3H3,(H2,15,16). The van der Waals surface area contributed by atoms with Crippen LogP contribution in [-0.2, 0) is 0 Å². The molecule has 5 heteroatoms. The van der Waals surface area contributed by atoms with Crippen LogP contribution in [0.4, 0.5) is 10.1 Å². The van der Waals surface area contributed by atoms with E-state index in [0.717, 1.165) is 22.6 Å². The van der Waals surface area contributed by atoms with E-state index in [4.69, 9.17) is 16.2 Å². The molecule has 1 heterocycles. The fourth-order valence-corrected chi connectivity index (χ4v) is 2.51. The number of hydrogen-bond acceptors (Lipinski definition) is 5. The number of hydrogen-bond donors (Lipinski definition) is 2. The molecule has 96 valence electrons. The van der Waals surface area contributed by atoms with Gasteiger partial charge in [-0.05, 0) is 29.7 Å². The number of anilines is 2. The molecule has 0 saturated heterocycles. The summed E-state index contributed by atoms with van der Waals surface area (Å²) in [6, 6.07) is 5.96. The summed E-state index contributed by atoms with van der Waals surface area (Å²) in [6.07, 6.45) is 0. The molecule has 2 aromatic rings. The van der Waals surface area contributed by atoms with Gasteiger partial charge in [0, 0.05) is 5.56 Å². The lowest BCUT2D eigenvalue weighted by atomic mass is 9.98. The number of nitrogen functional groups attached to an aromatic ring is 2. The SMILES string of the molecule is COc1ccc(-c2nc(N)sc2N)cc1C(C)C. The summed E-state index contributed by atoms with van der Waals surface area (Å²) in [7, 11) is 1.68. The predicted molar refractivity (Wildman–Crippen MR) is 77.0 cm³/mol. The van der Waals surface area contributed by atoms with E-state index in [9.17, 15) is 0 Å². The number of rotatable bonds is 3. The Morgan fingerprint density at radius 1 is 1.28 bits per heavy atom. The number of benzene rings is 1. The van der Waals surface area contributed by atoms with Gasteiger partial charge in [0.1, 0.15) is 16.4 Å². The minimum atomic E-state index is 0.372. The molecule has 4 N–H and O–H groups in total. The molecule has 0 amide bonds. The molecule has 0 aliphatic rings. The third kappa shape index (κ3) is 2.26. The van der Waals surface area contributed by atoms with Crippen LogP contribution < -0.4 is 16.2 Å². The van der Waals surface area contributed by atoms with Gasteiger partial charge in [-0.1, -0.05) is 25.2 Å². The van der Waals surface area contributed by atoms with Crippen LogP contribution >= 0.6 is 11.3 Å². The van der Waals surface area contributed by atoms with Gasteiger partial charge >= 0.3 is 0 Å². The van der Waals surface area contributed by atoms with Crippen LogP contribution in [0.1, 0.15) is 25.3 Å². The second kappa shape index (κ2) is 4.86. The molecule has 0 atom stereocenters. The van der Waals surface area contributed by atoms with Crippen molar-refractivity contribution < 1.29 is 4.74 Å². The molecule has 0 radical (unpaired) electrons. The van der Waals surface area contributed by atoms with E-state index in [0.29, 0.717) is 16.1 Å². The van der Waals surface area contributed by atoms with E-state index in [1.165, 1.54) is 11.3 Å². The van der Waals surface area contributed by atoms with Crippen LogP contribution in [0, 0.1) is 0 Å². The molecular weight excluding hydrogens is 246 g/mol. The third-order valence-electron chi connectivity index (χ3n) is 2.80. The van der Waals surface area contributed by atoms with Crippen molar-refractivity contribution >= 4 is 21.5 Å². The Morgan fingerprint density at radius 3 is 2.50 bits per heavy atom. The maximum Gasteiger partial charge on any atom is 0.182 e. The van der Waals surface area contributed by atoms with Crippen molar-refractivity contribution in [1.82, 2.24) is 4.98 Å². The molecule has 0 spiro atoms. The summed E-state index contributed by atoms with van der Waals surface area (Å²) >= 11 is 1.30. The topological polar surface area (TPSA) is 74.2 Å². The van der Waals surface area contributed by atoms with Gasteiger partial charge in [0.25, 0.3) is 0 Å². The smallest absolute Gasteiger partial charge is 0.182 e. The largest absolute Gasteiger partial charge is 0.496 e. The molecule has 1 aromatic heterocycles. The van der Waals surface area contributed by atoms with Gasteiger partial charge in [-0.25, -0.2) is 4.98 Å². The number of thiazole rings is 1. The van der Waals surface area contributed by atoms with Crippen LogP contribution in [0.3, 0.4) is 0 Å². The average molecular weight is 263 g/mol. The monoisotopic (exact) mass is 263 g/mol. The molecule has 1 aromatic carbocycles. The molecule has 0 aliphatic carbocycles. The van der Waals surface area contributed by atoms with Crippen LogP contribution in [-0.4, -0.2) is 12.1 Å². The van der Waals surface area contributed by atoms with E-state index >= 15 is 0 Å². The Hall–Kier alpha value is -1.75. The predicted octanol–water partition coefficient (Wildman–Crippen LogP) is 3.11. The van der Waals surface area contributed by atoms with Gasteiger partial charge in [0.05, 0.1) is 7.11 Å². The summed E-state index contributed by atoms with van der Waals surface area (Å²) in [6.45, 7) is 4.25. The zero-order valence-electron chi connectivity index (χ0n) is 10.7. The molecule has 0 aliphatic heterocycles. The Balaban J connectivity index is 2.53. The summed E-state index contributed by atoms with van der Waals surface area (Å²) in [5, 5.41) is 1.14. The molecule has 2 rings (SSSR count). The molecule has 4 nitrogen and oxygen atoms in total. The first-order chi connectivity index (χ1) is 8.52. The molecule has 18 heavy (non-hydrogen) atoms. The van der Waals surface area contributed by atoms with Gasteiger partial charge < -0.3 is 16.2 Å². The molecule has 0 unspecified atom stereocenters. The van der Waals surface area contributed by atoms with Crippen molar-refractivity contribution in [3.05, 3.63) is 23.8 Å². The maximum atomic E-state index is 5.91. The van der Waals surface area contributed by atoms with Crippen molar-refractivity contribution in [2.75, 3.05) is 18.6 Å². The fraction of sp³-hybridized carbons (Fsp3) is 0.308. The lowest BCUT2D eigenvalue weighted by molar-refractivity contribution is 0.407. The number of nitrogens with two attached hydrogens (primary N) is 2. The molecule has 0 fully saturated rings. The Kier molecular flexibility index (Phi) is 3.43. The first-order valence-electron chi connectivity index (χ1n) is 5.73. The Bertz CT molecular complexity index is 563. The van der Waals surface area contributed by atoms with E-state index in [1.54, 1.807) is 7.11 Å². The first-order valence-corrected chi connectivity index (χ1v) is 6.54. The normalized spacial score (nSPS) is 10.9. The minimum Gasteiger partial charge on any atom is -0.496 e. The third-order valence-corrected chi connectivity index (χ3v) is 3.51. The van der Waals surface area contributed by atoms with Crippen molar-refractivity contribution in [3.63, 3.8) is 0 Å². The summed E-state index contributed by atoms with van der Waals surface area (Å²) in [5.74, 6) is 1.26. The van der Waals surface area contributed by atoms with Crippen LogP contribution in [0.5, 0.6) is 5.75 Å². The van der Waals surface area contributed by atoms with Crippen LogP contribution in [0.2, 0.25) is 0 Å². The Morgan fingerprint density at radius 2 is 2.00 bits per heavy atom. The van der Waals surface area contributed by atoms with Crippen molar-refractivity contribution in [1.29, 1.82) is 0 Å². The van der Waals surface area contributed by atoms with Crippen molar-refractivity contribution in [2.45, 2.75) is 19.8 Å². The summed E-state index contributed by atoms with van der Waals surface area (Å²) in [4.78, 5) is 4.27. The number of nitrogens with zero attached hydrogens (tertiary/aromatic N) is 1. The zero-order chi connectivity index (χ0) is 13.3. The first kappa shape index (κ1) is 12.7. The molecule has 0 bridgehead atoms. The maximum absolute atomic E-state index is 5.91.